The Morgan fingerprint density at radius 1 is 1.08 bits per heavy atom. The SMILES string of the molecule is CC1CCCC(C(C)(C)C)C1(C)C. The zero-order valence-electron chi connectivity index (χ0n) is 10.3. The van der Waals surface area contributed by atoms with Gasteiger partial charge in [0.1, 0.15) is 0 Å². The standard InChI is InChI=1S/C13H26/c1-10-8-7-9-11(12(2,3)4)13(10,5)6/h10-11H,7-9H2,1-6H3. The zero-order valence-corrected chi connectivity index (χ0v) is 10.3. The third-order valence-corrected chi connectivity index (χ3v) is 4.34. The third-order valence-electron chi connectivity index (χ3n) is 4.34. The largest absolute Gasteiger partial charge is 0.0620 e. The molecule has 0 aromatic carbocycles. The van der Waals surface area contributed by atoms with Gasteiger partial charge in [0.25, 0.3) is 0 Å². The Bertz CT molecular complexity index is 171. The molecule has 0 spiro atoms. The number of hydrogen-bond acceptors (Lipinski definition) is 0. The van der Waals surface area contributed by atoms with Gasteiger partial charge in [0.2, 0.25) is 0 Å². The van der Waals surface area contributed by atoms with E-state index in [1.165, 1.54) is 19.3 Å². The highest BCUT2D eigenvalue weighted by Crippen LogP contribution is 2.51. The molecule has 13 heavy (non-hydrogen) atoms. The lowest BCUT2D eigenvalue weighted by Crippen LogP contribution is -2.41. The van der Waals surface area contributed by atoms with Crippen LogP contribution in [0.2, 0.25) is 0 Å². The topological polar surface area (TPSA) is 0 Å². The summed E-state index contributed by atoms with van der Waals surface area (Å²) < 4.78 is 0. The maximum Gasteiger partial charge on any atom is -0.0295 e. The maximum absolute atomic E-state index is 2.47. The fourth-order valence-electron chi connectivity index (χ4n) is 3.26. The molecule has 0 amide bonds. The van der Waals surface area contributed by atoms with Crippen molar-refractivity contribution in [3.8, 4) is 0 Å². The molecule has 0 saturated heterocycles. The summed E-state index contributed by atoms with van der Waals surface area (Å²) in [6.45, 7) is 14.6. The second-order valence-electron chi connectivity index (χ2n) is 6.57. The van der Waals surface area contributed by atoms with Crippen LogP contribution in [0.3, 0.4) is 0 Å². The van der Waals surface area contributed by atoms with Gasteiger partial charge in [-0.2, -0.15) is 0 Å². The van der Waals surface area contributed by atoms with Gasteiger partial charge in [-0.15, -0.1) is 0 Å². The number of hydrogen-bond donors (Lipinski definition) is 0. The Labute approximate surface area is 84.1 Å². The van der Waals surface area contributed by atoms with E-state index in [0.717, 1.165) is 11.8 Å². The van der Waals surface area contributed by atoms with E-state index in [0.29, 0.717) is 10.8 Å². The van der Waals surface area contributed by atoms with E-state index in [9.17, 15) is 0 Å². The molecule has 0 nitrogen and oxygen atoms in total. The highest BCUT2D eigenvalue weighted by molar-refractivity contribution is 4.92. The highest BCUT2D eigenvalue weighted by atomic mass is 14.5. The monoisotopic (exact) mass is 182 g/mol. The first-order chi connectivity index (χ1) is 5.76. The molecular weight excluding hydrogens is 156 g/mol. The van der Waals surface area contributed by atoms with Crippen LogP contribution in [-0.4, -0.2) is 0 Å². The van der Waals surface area contributed by atoms with Gasteiger partial charge in [-0.1, -0.05) is 54.4 Å². The molecule has 0 bridgehead atoms. The van der Waals surface area contributed by atoms with Crippen molar-refractivity contribution in [1.29, 1.82) is 0 Å². The van der Waals surface area contributed by atoms with Crippen LogP contribution in [-0.2, 0) is 0 Å². The molecule has 0 heterocycles. The molecule has 1 saturated carbocycles. The summed E-state index contributed by atoms with van der Waals surface area (Å²) in [7, 11) is 0. The van der Waals surface area contributed by atoms with Crippen molar-refractivity contribution in [2.75, 3.05) is 0 Å². The van der Waals surface area contributed by atoms with Gasteiger partial charge in [0.15, 0.2) is 0 Å². The van der Waals surface area contributed by atoms with E-state index >= 15 is 0 Å². The molecule has 2 atom stereocenters. The Morgan fingerprint density at radius 2 is 1.62 bits per heavy atom. The smallest absolute Gasteiger partial charge is 0.0295 e. The minimum atomic E-state index is 0.484. The lowest BCUT2D eigenvalue weighted by Gasteiger charge is -2.50. The van der Waals surface area contributed by atoms with Gasteiger partial charge in [-0.3, -0.25) is 0 Å². The second kappa shape index (κ2) is 3.29. The first-order valence-electron chi connectivity index (χ1n) is 5.76. The van der Waals surface area contributed by atoms with Crippen molar-refractivity contribution in [1.82, 2.24) is 0 Å². The van der Waals surface area contributed by atoms with Crippen molar-refractivity contribution in [3.63, 3.8) is 0 Å². The van der Waals surface area contributed by atoms with Crippen LogP contribution in [0.4, 0.5) is 0 Å². The lowest BCUT2D eigenvalue weighted by atomic mass is 9.55. The Morgan fingerprint density at radius 3 is 2.00 bits per heavy atom. The molecule has 0 radical (unpaired) electrons. The van der Waals surface area contributed by atoms with Gasteiger partial charge in [0.05, 0.1) is 0 Å². The average molecular weight is 182 g/mol. The van der Waals surface area contributed by atoms with Crippen LogP contribution >= 0.6 is 0 Å². The molecule has 2 unspecified atom stereocenters. The molecule has 0 heteroatoms. The minimum Gasteiger partial charge on any atom is -0.0620 e. The van der Waals surface area contributed by atoms with Crippen LogP contribution < -0.4 is 0 Å². The maximum atomic E-state index is 2.47. The average Bonchev–Trinajstić information content (AvgIpc) is 1.92. The molecule has 0 aliphatic heterocycles. The molecule has 0 N–H and O–H groups in total. The minimum absolute atomic E-state index is 0.484. The van der Waals surface area contributed by atoms with Crippen LogP contribution in [0.15, 0.2) is 0 Å². The predicted molar refractivity (Wildman–Crippen MR) is 59.7 cm³/mol. The van der Waals surface area contributed by atoms with Crippen molar-refractivity contribution in [2.45, 2.75) is 60.8 Å². The van der Waals surface area contributed by atoms with Crippen LogP contribution in [0.5, 0.6) is 0 Å². The van der Waals surface area contributed by atoms with E-state index in [4.69, 9.17) is 0 Å². The summed E-state index contributed by atoms with van der Waals surface area (Å²) in [4.78, 5) is 0. The van der Waals surface area contributed by atoms with E-state index < -0.39 is 0 Å². The van der Waals surface area contributed by atoms with E-state index in [2.05, 4.69) is 41.5 Å². The normalized spacial score (nSPS) is 34.6. The molecule has 1 fully saturated rings. The quantitative estimate of drug-likeness (QED) is 0.517. The summed E-state index contributed by atoms with van der Waals surface area (Å²) in [6, 6.07) is 0. The second-order valence-corrected chi connectivity index (χ2v) is 6.57. The van der Waals surface area contributed by atoms with Gasteiger partial charge in [0, 0.05) is 0 Å². The first kappa shape index (κ1) is 11.1. The van der Waals surface area contributed by atoms with Gasteiger partial charge >= 0.3 is 0 Å². The third kappa shape index (κ3) is 2.08. The lowest BCUT2D eigenvalue weighted by molar-refractivity contribution is -0.00229. The molecule has 0 aromatic rings. The molecule has 1 rings (SSSR count). The Kier molecular flexibility index (Phi) is 2.81. The summed E-state index contributed by atoms with van der Waals surface area (Å²) in [5.74, 6) is 1.79. The molecule has 0 aromatic heterocycles. The highest BCUT2D eigenvalue weighted by Gasteiger charge is 2.43. The fourth-order valence-corrected chi connectivity index (χ4v) is 3.26. The van der Waals surface area contributed by atoms with Crippen molar-refractivity contribution in [2.24, 2.45) is 22.7 Å². The predicted octanol–water partition coefficient (Wildman–Crippen LogP) is 4.49. The van der Waals surface area contributed by atoms with Crippen molar-refractivity contribution in [3.05, 3.63) is 0 Å². The van der Waals surface area contributed by atoms with E-state index in [1.807, 2.05) is 0 Å². The van der Waals surface area contributed by atoms with Crippen molar-refractivity contribution < 1.29 is 0 Å². The van der Waals surface area contributed by atoms with Gasteiger partial charge in [-0.25, -0.2) is 0 Å². The first-order valence-corrected chi connectivity index (χ1v) is 5.76. The van der Waals surface area contributed by atoms with Gasteiger partial charge in [-0.05, 0) is 29.1 Å². The van der Waals surface area contributed by atoms with Crippen LogP contribution in [0.25, 0.3) is 0 Å². The Hall–Kier alpha value is 0. The zero-order chi connectivity index (χ0) is 10.3. The molecule has 78 valence electrons. The number of rotatable bonds is 0. The molecular formula is C13H26. The summed E-state index contributed by atoms with van der Waals surface area (Å²) in [5, 5.41) is 0. The van der Waals surface area contributed by atoms with Crippen LogP contribution in [0.1, 0.15) is 60.8 Å². The molecule has 1 aliphatic carbocycles. The van der Waals surface area contributed by atoms with Gasteiger partial charge < -0.3 is 0 Å². The Balaban J connectivity index is 2.84. The van der Waals surface area contributed by atoms with Crippen molar-refractivity contribution >= 4 is 0 Å². The van der Waals surface area contributed by atoms with E-state index in [-0.39, 0.29) is 0 Å². The van der Waals surface area contributed by atoms with Crippen LogP contribution in [0, 0.1) is 22.7 Å². The summed E-state index contributed by atoms with van der Waals surface area (Å²) in [6.07, 6.45) is 4.30. The van der Waals surface area contributed by atoms with E-state index in [1.54, 1.807) is 0 Å². The fraction of sp³-hybridized carbons (Fsp3) is 1.00. The molecule has 1 aliphatic rings. The summed E-state index contributed by atoms with van der Waals surface area (Å²) >= 11 is 0. The summed E-state index contributed by atoms with van der Waals surface area (Å²) in [5.41, 5.74) is 1.02.